The van der Waals surface area contributed by atoms with Crippen molar-refractivity contribution >= 4 is 28.4 Å². The van der Waals surface area contributed by atoms with Gasteiger partial charge in [-0.3, -0.25) is 24.3 Å². The second-order valence-electron chi connectivity index (χ2n) is 12.7. The quantitative estimate of drug-likeness (QED) is 0.161. The summed E-state index contributed by atoms with van der Waals surface area (Å²) in [5, 5.41) is 3.48. The highest BCUT2D eigenvalue weighted by molar-refractivity contribution is 6.06. The Kier molecular flexibility index (Phi) is 10.1. The first-order valence-corrected chi connectivity index (χ1v) is 17.2. The number of ether oxygens (including phenoxy) is 3. The van der Waals surface area contributed by atoms with Gasteiger partial charge in [-0.05, 0) is 80.3 Å². The van der Waals surface area contributed by atoms with Crippen LogP contribution in [0.2, 0.25) is 0 Å². The van der Waals surface area contributed by atoms with Gasteiger partial charge in [0.05, 0.1) is 37.6 Å². The lowest BCUT2D eigenvalue weighted by atomic mass is 9.92. The molecule has 51 heavy (non-hydrogen) atoms. The number of anilines is 1. The largest absolute Gasteiger partial charge is 0.493 e. The molecular formula is C39H38FN5O6. The van der Waals surface area contributed by atoms with Gasteiger partial charge in [0.15, 0.2) is 5.78 Å². The SMILES string of the molecule is C[C@H](c1ccc(F)cc1)n1c2c(cc(C(=O)Nc3ccc(Oc4ccnc5cc(OCCCN6CCOCC6)ccc45)cn3)c1=O)C(=O)CCC2. The minimum absolute atomic E-state index is 0.128. The van der Waals surface area contributed by atoms with Crippen LogP contribution in [-0.2, 0) is 11.2 Å². The van der Waals surface area contributed by atoms with Crippen LogP contribution in [0, 0.1) is 5.82 Å². The molecule has 0 unspecified atom stereocenters. The summed E-state index contributed by atoms with van der Waals surface area (Å²) in [6.07, 6.45) is 5.50. The fourth-order valence-corrected chi connectivity index (χ4v) is 6.59. The highest BCUT2D eigenvalue weighted by Crippen LogP contribution is 2.31. The Hall–Kier alpha value is -5.46. The van der Waals surface area contributed by atoms with Crippen molar-refractivity contribution in [3.63, 3.8) is 0 Å². The minimum atomic E-state index is -0.693. The minimum Gasteiger partial charge on any atom is -0.493 e. The lowest BCUT2D eigenvalue weighted by molar-refractivity contribution is 0.0358. The molecule has 5 aromatic rings. The van der Waals surface area contributed by atoms with Crippen molar-refractivity contribution in [1.82, 2.24) is 19.4 Å². The number of aromatic nitrogens is 3. The average Bonchev–Trinajstić information content (AvgIpc) is 3.14. The van der Waals surface area contributed by atoms with Crippen LogP contribution in [0.3, 0.4) is 0 Å². The van der Waals surface area contributed by atoms with Crippen molar-refractivity contribution in [1.29, 1.82) is 0 Å². The maximum Gasteiger partial charge on any atom is 0.264 e. The molecule has 1 fully saturated rings. The molecule has 0 radical (unpaired) electrons. The van der Waals surface area contributed by atoms with E-state index in [1.54, 1.807) is 43.5 Å². The van der Waals surface area contributed by atoms with E-state index in [0.717, 1.165) is 55.9 Å². The number of hydrogen-bond acceptors (Lipinski definition) is 9. The first-order valence-electron chi connectivity index (χ1n) is 17.2. The summed E-state index contributed by atoms with van der Waals surface area (Å²) in [6, 6.07) is 17.4. The number of ketones is 1. The van der Waals surface area contributed by atoms with E-state index < -0.39 is 23.3 Å². The summed E-state index contributed by atoms with van der Waals surface area (Å²) >= 11 is 0. The van der Waals surface area contributed by atoms with E-state index in [0.29, 0.717) is 54.2 Å². The third kappa shape index (κ3) is 7.67. The zero-order chi connectivity index (χ0) is 35.3. The van der Waals surface area contributed by atoms with Crippen LogP contribution in [-0.4, -0.2) is 70.6 Å². The van der Waals surface area contributed by atoms with E-state index >= 15 is 0 Å². The van der Waals surface area contributed by atoms with Gasteiger partial charge in [-0.15, -0.1) is 0 Å². The van der Waals surface area contributed by atoms with Gasteiger partial charge < -0.3 is 24.1 Å². The van der Waals surface area contributed by atoms with E-state index in [-0.39, 0.29) is 17.2 Å². The molecule has 1 saturated heterocycles. The second-order valence-corrected chi connectivity index (χ2v) is 12.7. The van der Waals surface area contributed by atoms with Crippen molar-refractivity contribution in [2.45, 2.75) is 38.6 Å². The van der Waals surface area contributed by atoms with Crippen LogP contribution in [0.5, 0.6) is 17.2 Å². The third-order valence-corrected chi connectivity index (χ3v) is 9.31. The number of morpholine rings is 1. The number of fused-ring (bicyclic) bond motifs is 2. The Morgan fingerprint density at radius 1 is 0.980 bits per heavy atom. The number of carbonyl (C=O) groups excluding carboxylic acids is 2. The molecule has 1 N–H and O–H groups in total. The number of Topliss-reactive ketones (excluding diaryl/α,β-unsaturated/α-hetero) is 1. The molecule has 1 atom stereocenters. The number of amides is 1. The Morgan fingerprint density at radius 2 is 1.78 bits per heavy atom. The maximum absolute atomic E-state index is 13.8. The summed E-state index contributed by atoms with van der Waals surface area (Å²) in [5.41, 5.74) is 1.62. The van der Waals surface area contributed by atoms with Gasteiger partial charge in [0.2, 0.25) is 0 Å². The van der Waals surface area contributed by atoms with Crippen molar-refractivity contribution < 1.29 is 28.2 Å². The molecule has 1 aliphatic carbocycles. The number of carbonyl (C=O) groups is 2. The van der Waals surface area contributed by atoms with Gasteiger partial charge in [0.1, 0.15) is 34.4 Å². The van der Waals surface area contributed by atoms with Crippen LogP contribution in [0.1, 0.15) is 64.2 Å². The van der Waals surface area contributed by atoms with E-state index in [1.165, 1.54) is 29.0 Å². The Balaban J connectivity index is 1.04. The lowest BCUT2D eigenvalue weighted by Crippen LogP contribution is -2.37. The lowest BCUT2D eigenvalue weighted by Gasteiger charge is -2.26. The number of nitrogens with one attached hydrogen (secondary N) is 1. The zero-order valence-corrected chi connectivity index (χ0v) is 28.3. The summed E-state index contributed by atoms with van der Waals surface area (Å²) < 4.78 is 32.7. The Bertz CT molecular complexity index is 2110. The van der Waals surface area contributed by atoms with E-state index in [2.05, 4.69) is 20.2 Å². The second kappa shape index (κ2) is 15.2. The van der Waals surface area contributed by atoms with Crippen molar-refractivity contribution in [2.75, 3.05) is 44.8 Å². The Morgan fingerprint density at radius 3 is 2.57 bits per heavy atom. The Labute approximate surface area is 294 Å². The predicted octanol–water partition coefficient (Wildman–Crippen LogP) is 6.20. The summed E-state index contributed by atoms with van der Waals surface area (Å²) in [5.74, 6) is 0.719. The van der Waals surface area contributed by atoms with Crippen molar-refractivity contribution in [3.05, 3.63) is 118 Å². The van der Waals surface area contributed by atoms with Crippen molar-refractivity contribution in [3.8, 4) is 17.2 Å². The summed E-state index contributed by atoms with van der Waals surface area (Å²) in [6.45, 7) is 6.84. The van der Waals surface area contributed by atoms with Gasteiger partial charge in [-0.2, -0.15) is 0 Å². The number of pyridine rings is 3. The molecule has 262 valence electrons. The highest BCUT2D eigenvalue weighted by atomic mass is 19.1. The number of benzene rings is 2. The molecule has 1 amide bonds. The van der Waals surface area contributed by atoms with Crippen LogP contribution < -0.4 is 20.3 Å². The molecule has 4 heterocycles. The molecule has 11 nitrogen and oxygen atoms in total. The van der Waals surface area contributed by atoms with Gasteiger partial charge in [0, 0.05) is 55.0 Å². The van der Waals surface area contributed by atoms with Gasteiger partial charge in [0.25, 0.3) is 11.5 Å². The van der Waals surface area contributed by atoms with Crippen LogP contribution in [0.4, 0.5) is 10.2 Å². The predicted molar refractivity (Wildman–Crippen MR) is 190 cm³/mol. The fourth-order valence-electron chi connectivity index (χ4n) is 6.59. The smallest absolute Gasteiger partial charge is 0.264 e. The van der Waals surface area contributed by atoms with E-state index in [1.807, 2.05) is 18.2 Å². The third-order valence-electron chi connectivity index (χ3n) is 9.31. The molecular weight excluding hydrogens is 653 g/mol. The molecule has 2 aromatic carbocycles. The topological polar surface area (TPSA) is 125 Å². The molecule has 0 spiro atoms. The molecule has 3 aromatic heterocycles. The molecule has 1 aliphatic heterocycles. The fraction of sp³-hybridized carbons (Fsp3) is 0.308. The van der Waals surface area contributed by atoms with Crippen LogP contribution in [0.25, 0.3) is 10.9 Å². The molecule has 0 bridgehead atoms. The molecule has 7 rings (SSSR count). The number of nitrogens with zero attached hydrogens (tertiary/aromatic N) is 4. The molecule has 2 aliphatic rings. The first-order chi connectivity index (χ1) is 24.8. The van der Waals surface area contributed by atoms with Gasteiger partial charge >= 0.3 is 0 Å². The van der Waals surface area contributed by atoms with Gasteiger partial charge in [-0.1, -0.05) is 12.1 Å². The van der Waals surface area contributed by atoms with Gasteiger partial charge in [-0.25, -0.2) is 9.37 Å². The van der Waals surface area contributed by atoms with Crippen LogP contribution >= 0.6 is 0 Å². The first kappa shape index (κ1) is 34.0. The van der Waals surface area contributed by atoms with E-state index in [4.69, 9.17) is 14.2 Å². The monoisotopic (exact) mass is 691 g/mol. The number of rotatable bonds is 11. The van der Waals surface area contributed by atoms with Crippen molar-refractivity contribution in [2.24, 2.45) is 0 Å². The highest BCUT2D eigenvalue weighted by Gasteiger charge is 2.28. The zero-order valence-electron chi connectivity index (χ0n) is 28.3. The maximum atomic E-state index is 13.8. The standard InChI is InChI=1S/C39H38FN5O6/c1-25(26-6-8-27(40)9-7-26)45-34-4-2-5-35(46)31(34)23-32(39(45)48)38(47)43-37-13-11-29(24-42-37)51-36-14-15-41-33-22-28(10-12-30(33)36)50-19-3-16-44-17-20-49-21-18-44/h6-15,22-25H,2-5,16-21H2,1H3,(H,42,43,47)/t25-/m1/s1. The summed E-state index contributed by atoms with van der Waals surface area (Å²) in [4.78, 5) is 51.5. The normalized spacial score (nSPS) is 15.3. The number of halogens is 1. The molecule has 12 heteroatoms. The molecule has 0 saturated carbocycles. The van der Waals surface area contributed by atoms with E-state index in [9.17, 15) is 18.8 Å². The summed E-state index contributed by atoms with van der Waals surface area (Å²) in [7, 11) is 0. The average molecular weight is 692 g/mol. The number of hydrogen-bond donors (Lipinski definition) is 1. The van der Waals surface area contributed by atoms with Crippen LogP contribution in [0.15, 0.2) is 83.9 Å².